The quantitative estimate of drug-likeness (QED) is 0.690. The van der Waals surface area contributed by atoms with Crippen LogP contribution in [-0.4, -0.2) is 24.1 Å². The number of hydrogen-bond donors (Lipinski definition) is 2. The first-order chi connectivity index (χ1) is 12.4. The Balaban J connectivity index is 1.63. The minimum absolute atomic E-state index is 0.190. The summed E-state index contributed by atoms with van der Waals surface area (Å²) in [6.45, 7) is 0. The summed E-state index contributed by atoms with van der Waals surface area (Å²) in [4.78, 5) is 12.2. The fraction of sp³-hybridized carbons (Fsp3) is 0.111. The van der Waals surface area contributed by atoms with Crippen molar-refractivity contribution < 1.29 is 13.2 Å². The maximum Gasteiger partial charge on any atom is 0.228 e. The van der Waals surface area contributed by atoms with E-state index in [9.17, 15) is 13.2 Å². The Morgan fingerprint density at radius 1 is 1.08 bits per heavy atom. The van der Waals surface area contributed by atoms with E-state index >= 15 is 0 Å². The lowest BCUT2D eigenvalue weighted by atomic mass is 10.1. The first kappa shape index (κ1) is 17.8. The van der Waals surface area contributed by atoms with Gasteiger partial charge in [0.15, 0.2) is 0 Å². The molecule has 2 aromatic carbocycles. The first-order valence-corrected chi connectivity index (χ1v) is 9.59. The molecule has 7 nitrogen and oxygen atoms in total. The van der Waals surface area contributed by atoms with Crippen molar-refractivity contribution in [3.8, 4) is 5.69 Å². The molecular weight excluding hydrogens is 352 g/mol. The lowest BCUT2D eigenvalue weighted by Crippen LogP contribution is -2.16. The van der Waals surface area contributed by atoms with Crippen LogP contribution in [-0.2, 0) is 27.0 Å². The Morgan fingerprint density at radius 3 is 2.50 bits per heavy atom. The van der Waals surface area contributed by atoms with E-state index in [1.165, 1.54) is 0 Å². The zero-order valence-corrected chi connectivity index (χ0v) is 14.7. The molecule has 0 fully saturated rings. The Kier molecular flexibility index (Phi) is 5.15. The van der Waals surface area contributed by atoms with Crippen LogP contribution in [0, 0.1) is 0 Å². The number of rotatable bonds is 6. The standard InChI is InChI=1S/C18H18N4O3S/c19-26(24,25)13-15-3-1-4-16(11-15)21-18(23)12-14-5-7-17(8-6-14)22-10-2-9-20-22/h1-11H,12-13H2,(H,21,23)(H2,19,24,25). The molecule has 1 amide bonds. The molecule has 0 aliphatic carbocycles. The molecule has 3 rings (SSSR count). The van der Waals surface area contributed by atoms with Gasteiger partial charge in [-0.25, -0.2) is 18.2 Å². The zero-order chi connectivity index (χ0) is 18.6. The molecule has 1 heterocycles. The van der Waals surface area contributed by atoms with E-state index in [0.29, 0.717) is 11.3 Å². The van der Waals surface area contributed by atoms with Crippen LogP contribution in [0.2, 0.25) is 0 Å². The second-order valence-electron chi connectivity index (χ2n) is 5.85. The average Bonchev–Trinajstić information content (AvgIpc) is 3.08. The third kappa shape index (κ3) is 5.01. The Hall–Kier alpha value is -2.97. The molecule has 8 heteroatoms. The molecule has 0 atom stereocenters. The number of nitrogens with two attached hydrogens (primary N) is 1. The molecule has 1 aromatic heterocycles. The van der Waals surface area contributed by atoms with Gasteiger partial charge in [-0.2, -0.15) is 5.10 Å². The van der Waals surface area contributed by atoms with Crippen molar-refractivity contribution in [3.63, 3.8) is 0 Å². The lowest BCUT2D eigenvalue weighted by Gasteiger charge is -2.08. The van der Waals surface area contributed by atoms with Gasteiger partial charge in [0.05, 0.1) is 17.9 Å². The number of sulfonamides is 1. The number of nitrogens with one attached hydrogen (secondary N) is 1. The summed E-state index contributed by atoms with van der Waals surface area (Å²) >= 11 is 0. The third-order valence-electron chi connectivity index (χ3n) is 3.65. The van der Waals surface area contributed by atoms with Gasteiger partial charge in [-0.3, -0.25) is 4.79 Å². The molecule has 0 saturated carbocycles. The number of hydrogen-bond acceptors (Lipinski definition) is 4. The van der Waals surface area contributed by atoms with Crippen molar-refractivity contribution in [2.45, 2.75) is 12.2 Å². The highest BCUT2D eigenvalue weighted by Gasteiger charge is 2.08. The molecule has 0 aliphatic heterocycles. The molecule has 134 valence electrons. The van der Waals surface area contributed by atoms with Crippen molar-refractivity contribution in [3.05, 3.63) is 78.1 Å². The second-order valence-corrected chi connectivity index (χ2v) is 7.46. The number of benzene rings is 2. The fourth-order valence-corrected chi connectivity index (χ4v) is 3.19. The molecular formula is C18H18N4O3S. The van der Waals surface area contributed by atoms with Crippen molar-refractivity contribution in [2.24, 2.45) is 5.14 Å². The van der Waals surface area contributed by atoms with Crippen LogP contribution in [0.5, 0.6) is 0 Å². The van der Waals surface area contributed by atoms with Crippen LogP contribution in [0.3, 0.4) is 0 Å². The molecule has 0 aliphatic rings. The summed E-state index contributed by atoms with van der Waals surface area (Å²) in [7, 11) is -3.61. The van der Waals surface area contributed by atoms with Gasteiger partial charge in [-0.05, 0) is 41.5 Å². The topological polar surface area (TPSA) is 107 Å². The molecule has 0 radical (unpaired) electrons. The minimum atomic E-state index is -3.61. The van der Waals surface area contributed by atoms with Gasteiger partial charge in [-0.1, -0.05) is 24.3 Å². The lowest BCUT2D eigenvalue weighted by molar-refractivity contribution is -0.115. The molecule has 0 spiro atoms. The highest BCUT2D eigenvalue weighted by molar-refractivity contribution is 7.88. The molecule has 0 bridgehead atoms. The van der Waals surface area contributed by atoms with Crippen molar-refractivity contribution in [2.75, 3.05) is 5.32 Å². The van der Waals surface area contributed by atoms with E-state index < -0.39 is 10.0 Å². The predicted octanol–water partition coefficient (Wildman–Crippen LogP) is 1.84. The number of carbonyl (C=O) groups excluding carboxylic acids is 1. The summed E-state index contributed by atoms with van der Waals surface area (Å²) < 4.78 is 24.1. The van der Waals surface area contributed by atoms with Crippen LogP contribution in [0.1, 0.15) is 11.1 Å². The Bertz CT molecular complexity index is 997. The van der Waals surface area contributed by atoms with Crippen LogP contribution >= 0.6 is 0 Å². The normalized spacial score (nSPS) is 11.3. The summed E-state index contributed by atoms with van der Waals surface area (Å²) in [5, 5.41) is 12.0. The fourth-order valence-electron chi connectivity index (χ4n) is 2.55. The maximum atomic E-state index is 12.2. The van der Waals surface area contributed by atoms with Crippen LogP contribution in [0.4, 0.5) is 5.69 Å². The van der Waals surface area contributed by atoms with Gasteiger partial charge in [0.25, 0.3) is 0 Å². The summed E-state index contributed by atoms with van der Waals surface area (Å²) in [6.07, 6.45) is 3.75. The third-order valence-corrected chi connectivity index (χ3v) is 4.38. The smallest absolute Gasteiger partial charge is 0.228 e. The number of amides is 1. The van der Waals surface area contributed by atoms with E-state index in [1.54, 1.807) is 35.1 Å². The van der Waals surface area contributed by atoms with Gasteiger partial charge in [0.1, 0.15) is 0 Å². The average molecular weight is 370 g/mol. The number of nitrogens with zero attached hydrogens (tertiary/aromatic N) is 2. The van der Waals surface area contributed by atoms with Gasteiger partial charge >= 0.3 is 0 Å². The van der Waals surface area contributed by atoms with Gasteiger partial charge in [-0.15, -0.1) is 0 Å². The highest BCUT2D eigenvalue weighted by Crippen LogP contribution is 2.14. The largest absolute Gasteiger partial charge is 0.326 e. The monoisotopic (exact) mass is 370 g/mol. The zero-order valence-electron chi connectivity index (χ0n) is 13.9. The van der Waals surface area contributed by atoms with E-state index in [1.807, 2.05) is 36.5 Å². The van der Waals surface area contributed by atoms with E-state index in [4.69, 9.17) is 5.14 Å². The van der Waals surface area contributed by atoms with E-state index in [0.717, 1.165) is 11.3 Å². The van der Waals surface area contributed by atoms with E-state index in [-0.39, 0.29) is 18.1 Å². The molecule has 3 N–H and O–H groups in total. The Morgan fingerprint density at radius 2 is 1.85 bits per heavy atom. The van der Waals surface area contributed by atoms with Crippen molar-refractivity contribution >= 4 is 21.6 Å². The molecule has 26 heavy (non-hydrogen) atoms. The van der Waals surface area contributed by atoms with Gasteiger partial charge in [0, 0.05) is 18.1 Å². The van der Waals surface area contributed by atoms with E-state index in [2.05, 4.69) is 10.4 Å². The molecule has 0 saturated heterocycles. The van der Waals surface area contributed by atoms with Crippen LogP contribution in [0.15, 0.2) is 67.0 Å². The van der Waals surface area contributed by atoms with Gasteiger partial charge < -0.3 is 5.32 Å². The number of anilines is 1. The highest BCUT2D eigenvalue weighted by atomic mass is 32.2. The van der Waals surface area contributed by atoms with Gasteiger partial charge in [0.2, 0.25) is 15.9 Å². The second kappa shape index (κ2) is 7.51. The number of carbonyl (C=O) groups is 1. The number of primary sulfonamides is 1. The Labute approximate surface area is 151 Å². The number of aromatic nitrogens is 2. The summed E-state index contributed by atoms with van der Waals surface area (Å²) in [5.41, 5.74) is 2.83. The van der Waals surface area contributed by atoms with Crippen molar-refractivity contribution in [1.29, 1.82) is 0 Å². The summed E-state index contributed by atoms with van der Waals surface area (Å²) in [5.74, 6) is -0.462. The van der Waals surface area contributed by atoms with Crippen LogP contribution in [0.25, 0.3) is 5.69 Å². The van der Waals surface area contributed by atoms with Crippen molar-refractivity contribution in [1.82, 2.24) is 9.78 Å². The molecule has 0 unspecified atom stereocenters. The SMILES string of the molecule is NS(=O)(=O)Cc1cccc(NC(=O)Cc2ccc(-n3cccn3)cc2)c1. The maximum absolute atomic E-state index is 12.2. The molecule has 3 aromatic rings. The van der Waals surface area contributed by atoms with Crippen LogP contribution < -0.4 is 10.5 Å². The minimum Gasteiger partial charge on any atom is -0.326 e. The first-order valence-electron chi connectivity index (χ1n) is 7.87. The predicted molar refractivity (Wildman–Crippen MR) is 99.2 cm³/mol. The summed E-state index contributed by atoms with van der Waals surface area (Å²) in [6, 6.07) is 16.0.